The van der Waals surface area contributed by atoms with Crippen molar-refractivity contribution in [3.8, 4) is 6.07 Å². The molecule has 0 radical (unpaired) electrons. The minimum atomic E-state index is 0.414. The van der Waals surface area contributed by atoms with Crippen LogP contribution in [-0.4, -0.2) is 30.2 Å². The first-order chi connectivity index (χ1) is 7.70. The highest BCUT2D eigenvalue weighted by atomic mass is 15.3. The first kappa shape index (κ1) is 10.9. The SMILES string of the molecule is CC1CN(c2cccc(C#N)n2)C(C)CN1. The zero-order valence-electron chi connectivity index (χ0n) is 9.64. The number of hydrogen-bond donors (Lipinski definition) is 1. The molecule has 0 saturated carbocycles. The van der Waals surface area contributed by atoms with Gasteiger partial charge in [-0.1, -0.05) is 6.07 Å². The Hall–Kier alpha value is -1.60. The van der Waals surface area contributed by atoms with Gasteiger partial charge in [0.2, 0.25) is 0 Å². The summed E-state index contributed by atoms with van der Waals surface area (Å²) in [5, 5.41) is 12.3. The number of nitrogens with one attached hydrogen (secondary N) is 1. The Balaban J connectivity index is 2.25. The van der Waals surface area contributed by atoms with Crippen LogP contribution in [0, 0.1) is 11.3 Å². The smallest absolute Gasteiger partial charge is 0.142 e. The lowest BCUT2D eigenvalue weighted by Gasteiger charge is -2.38. The van der Waals surface area contributed by atoms with Crippen molar-refractivity contribution in [3.05, 3.63) is 23.9 Å². The highest BCUT2D eigenvalue weighted by Crippen LogP contribution is 2.17. The Labute approximate surface area is 95.9 Å². The minimum absolute atomic E-state index is 0.414. The average Bonchev–Trinajstić information content (AvgIpc) is 2.32. The van der Waals surface area contributed by atoms with E-state index in [0.29, 0.717) is 17.8 Å². The van der Waals surface area contributed by atoms with E-state index in [4.69, 9.17) is 5.26 Å². The van der Waals surface area contributed by atoms with Crippen LogP contribution in [0.15, 0.2) is 18.2 Å². The molecule has 2 heterocycles. The normalized spacial score (nSPS) is 25.2. The Morgan fingerprint density at radius 1 is 1.50 bits per heavy atom. The number of piperazine rings is 1. The molecule has 2 unspecified atom stereocenters. The van der Waals surface area contributed by atoms with Gasteiger partial charge in [-0.15, -0.1) is 0 Å². The van der Waals surface area contributed by atoms with Crippen molar-refractivity contribution in [2.75, 3.05) is 18.0 Å². The van der Waals surface area contributed by atoms with Crippen molar-refractivity contribution in [2.45, 2.75) is 25.9 Å². The molecule has 2 rings (SSSR count). The van der Waals surface area contributed by atoms with E-state index in [-0.39, 0.29) is 0 Å². The fourth-order valence-electron chi connectivity index (χ4n) is 1.99. The predicted octanol–water partition coefficient (Wildman–Crippen LogP) is 1.14. The maximum atomic E-state index is 8.83. The first-order valence-corrected chi connectivity index (χ1v) is 5.58. The van der Waals surface area contributed by atoms with Crippen LogP contribution in [0.1, 0.15) is 19.5 Å². The standard InChI is InChI=1S/C12H16N4/c1-9-8-16(10(2)7-14-9)12-5-3-4-11(6-13)15-12/h3-5,9-10,14H,7-8H2,1-2H3. The van der Waals surface area contributed by atoms with Gasteiger partial charge in [-0.25, -0.2) is 4.98 Å². The Kier molecular flexibility index (Phi) is 3.07. The van der Waals surface area contributed by atoms with Crippen molar-refractivity contribution in [1.82, 2.24) is 10.3 Å². The predicted molar refractivity (Wildman–Crippen MR) is 63.2 cm³/mol. The monoisotopic (exact) mass is 216 g/mol. The van der Waals surface area contributed by atoms with Gasteiger partial charge in [0.05, 0.1) is 0 Å². The lowest BCUT2D eigenvalue weighted by Crippen LogP contribution is -2.54. The molecule has 2 atom stereocenters. The summed E-state index contributed by atoms with van der Waals surface area (Å²) in [5.74, 6) is 0.903. The largest absolute Gasteiger partial charge is 0.351 e. The van der Waals surface area contributed by atoms with Crippen molar-refractivity contribution in [3.63, 3.8) is 0 Å². The van der Waals surface area contributed by atoms with Gasteiger partial charge in [-0.3, -0.25) is 0 Å². The van der Waals surface area contributed by atoms with Crippen molar-refractivity contribution < 1.29 is 0 Å². The number of hydrogen-bond acceptors (Lipinski definition) is 4. The van der Waals surface area contributed by atoms with E-state index in [1.807, 2.05) is 12.1 Å². The molecule has 4 heteroatoms. The number of aromatic nitrogens is 1. The van der Waals surface area contributed by atoms with E-state index in [1.165, 1.54) is 0 Å². The van der Waals surface area contributed by atoms with Crippen LogP contribution in [0.25, 0.3) is 0 Å². The zero-order valence-corrected chi connectivity index (χ0v) is 9.64. The number of nitriles is 1. The lowest BCUT2D eigenvalue weighted by molar-refractivity contribution is 0.422. The number of nitrogens with zero attached hydrogens (tertiary/aromatic N) is 3. The van der Waals surface area contributed by atoms with E-state index < -0.39 is 0 Å². The summed E-state index contributed by atoms with van der Waals surface area (Å²) in [7, 11) is 0. The summed E-state index contributed by atoms with van der Waals surface area (Å²) in [6.45, 7) is 6.22. The molecule has 1 aromatic rings. The molecule has 1 aliphatic rings. The first-order valence-electron chi connectivity index (χ1n) is 5.58. The van der Waals surface area contributed by atoms with Crippen molar-refractivity contribution in [2.24, 2.45) is 0 Å². The Morgan fingerprint density at radius 2 is 2.31 bits per heavy atom. The minimum Gasteiger partial charge on any atom is -0.351 e. The Bertz CT molecular complexity index is 410. The molecule has 0 amide bonds. The third-order valence-corrected chi connectivity index (χ3v) is 2.91. The number of rotatable bonds is 1. The summed E-state index contributed by atoms with van der Waals surface area (Å²) < 4.78 is 0. The van der Waals surface area contributed by atoms with Crippen LogP contribution in [0.5, 0.6) is 0 Å². The lowest BCUT2D eigenvalue weighted by atomic mass is 10.1. The van der Waals surface area contributed by atoms with Gasteiger partial charge in [-0.05, 0) is 26.0 Å². The van der Waals surface area contributed by atoms with E-state index in [9.17, 15) is 0 Å². The number of anilines is 1. The van der Waals surface area contributed by atoms with E-state index in [0.717, 1.165) is 18.9 Å². The van der Waals surface area contributed by atoms with Crippen LogP contribution in [-0.2, 0) is 0 Å². The second-order valence-corrected chi connectivity index (χ2v) is 4.30. The average molecular weight is 216 g/mol. The molecule has 0 spiro atoms. The molecule has 1 aliphatic heterocycles. The fourth-order valence-corrected chi connectivity index (χ4v) is 1.99. The Morgan fingerprint density at radius 3 is 3.06 bits per heavy atom. The molecular formula is C12H16N4. The highest BCUT2D eigenvalue weighted by Gasteiger charge is 2.23. The van der Waals surface area contributed by atoms with Crippen LogP contribution < -0.4 is 10.2 Å². The van der Waals surface area contributed by atoms with E-state index in [2.05, 4.69) is 35.1 Å². The van der Waals surface area contributed by atoms with E-state index >= 15 is 0 Å². The number of pyridine rings is 1. The summed E-state index contributed by atoms with van der Waals surface area (Å²) in [6, 6.07) is 8.55. The second kappa shape index (κ2) is 4.50. The molecule has 16 heavy (non-hydrogen) atoms. The summed E-state index contributed by atoms with van der Waals surface area (Å²) in [5.41, 5.74) is 0.482. The van der Waals surface area contributed by atoms with Crippen molar-refractivity contribution >= 4 is 5.82 Å². The third kappa shape index (κ3) is 2.15. The molecule has 1 aromatic heterocycles. The second-order valence-electron chi connectivity index (χ2n) is 4.30. The molecule has 1 fully saturated rings. The van der Waals surface area contributed by atoms with Crippen molar-refractivity contribution in [1.29, 1.82) is 5.26 Å². The van der Waals surface area contributed by atoms with Crippen LogP contribution in [0.3, 0.4) is 0 Å². The molecule has 1 saturated heterocycles. The summed E-state index contributed by atoms with van der Waals surface area (Å²) >= 11 is 0. The summed E-state index contributed by atoms with van der Waals surface area (Å²) in [4.78, 5) is 6.59. The molecular weight excluding hydrogens is 200 g/mol. The van der Waals surface area contributed by atoms with Gasteiger partial charge in [-0.2, -0.15) is 5.26 Å². The molecule has 0 bridgehead atoms. The van der Waals surface area contributed by atoms with Gasteiger partial charge in [0.1, 0.15) is 17.6 Å². The molecule has 4 nitrogen and oxygen atoms in total. The topological polar surface area (TPSA) is 52.0 Å². The third-order valence-electron chi connectivity index (χ3n) is 2.91. The molecule has 0 aromatic carbocycles. The molecule has 0 aliphatic carbocycles. The fraction of sp³-hybridized carbons (Fsp3) is 0.500. The quantitative estimate of drug-likeness (QED) is 0.765. The summed E-state index contributed by atoms with van der Waals surface area (Å²) in [6.07, 6.45) is 0. The van der Waals surface area contributed by atoms with Crippen LogP contribution in [0.4, 0.5) is 5.82 Å². The molecule has 1 N–H and O–H groups in total. The van der Waals surface area contributed by atoms with E-state index in [1.54, 1.807) is 6.07 Å². The van der Waals surface area contributed by atoms with Crippen LogP contribution in [0.2, 0.25) is 0 Å². The van der Waals surface area contributed by atoms with Gasteiger partial charge in [0, 0.05) is 25.2 Å². The van der Waals surface area contributed by atoms with Crippen LogP contribution >= 0.6 is 0 Å². The van der Waals surface area contributed by atoms with Gasteiger partial charge >= 0.3 is 0 Å². The maximum Gasteiger partial charge on any atom is 0.142 e. The van der Waals surface area contributed by atoms with Gasteiger partial charge in [0.15, 0.2) is 0 Å². The van der Waals surface area contributed by atoms with Gasteiger partial charge in [0.25, 0.3) is 0 Å². The zero-order chi connectivity index (χ0) is 11.5. The molecule has 84 valence electrons. The van der Waals surface area contributed by atoms with Gasteiger partial charge < -0.3 is 10.2 Å². The maximum absolute atomic E-state index is 8.83. The highest BCUT2D eigenvalue weighted by molar-refractivity contribution is 5.43.